The van der Waals surface area contributed by atoms with Crippen molar-refractivity contribution in [3.8, 4) is 11.1 Å². The average Bonchev–Trinajstić information content (AvgIpc) is 1.31. The van der Waals surface area contributed by atoms with Gasteiger partial charge in [-0.3, -0.25) is 38.4 Å². The maximum Gasteiger partial charge on any atom is 0.332 e. The van der Waals surface area contributed by atoms with Gasteiger partial charge in [-0.15, -0.1) is 0 Å². The molecule has 4 heterocycles. The fraction of sp³-hybridized carbons (Fsp3) is 0.639. The number of rotatable bonds is 15. The highest BCUT2D eigenvalue weighted by Crippen LogP contribution is 2.33. The van der Waals surface area contributed by atoms with Crippen LogP contribution in [0.5, 0.6) is 0 Å². The third-order valence-electron chi connectivity index (χ3n) is 19.5. The molecular formula is C72H107N9O11. The summed E-state index contributed by atoms with van der Waals surface area (Å²) in [7, 11) is 7.97. The van der Waals surface area contributed by atoms with E-state index in [-0.39, 0.29) is 56.3 Å². The van der Waals surface area contributed by atoms with Gasteiger partial charge in [-0.1, -0.05) is 130 Å². The number of aromatic nitrogens is 1. The first-order valence-electron chi connectivity index (χ1n) is 33.5. The minimum absolute atomic E-state index is 0.00381. The number of amides is 6. The zero-order chi connectivity index (χ0) is 68.2. The van der Waals surface area contributed by atoms with Crippen molar-refractivity contribution in [3.63, 3.8) is 0 Å². The fourth-order valence-electron chi connectivity index (χ4n) is 13.8. The van der Waals surface area contributed by atoms with Crippen molar-refractivity contribution in [1.29, 1.82) is 0 Å². The third kappa shape index (κ3) is 18.2. The minimum atomic E-state index is -1.95. The molecule has 1 aromatic heterocycles. The van der Waals surface area contributed by atoms with Gasteiger partial charge in [0.15, 0.2) is 23.7 Å². The third-order valence-corrected chi connectivity index (χ3v) is 19.5. The van der Waals surface area contributed by atoms with Crippen molar-refractivity contribution in [2.45, 2.75) is 189 Å². The Morgan fingerprint density at radius 1 is 0.620 bits per heavy atom. The molecule has 0 bridgehead atoms. The van der Waals surface area contributed by atoms with Gasteiger partial charge in [-0.25, -0.2) is 9.78 Å². The average molecular weight is 1270 g/mol. The number of anilines is 1. The molecular weight excluding hydrogens is 1170 g/mol. The summed E-state index contributed by atoms with van der Waals surface area (Å²) in [5.41, 5.74) is 1.13. The Balaban J connectivity index is 1.50. The number of benzene rings is 2. The lowest BCUT2D eigenvalue weighted by molar-refractivity contribution is -0.178. The number of hydrogen-bond donors (Lipinski definition) is 2. The van der Waals surface area contributed by atoms with Crippen molar-refractivity contribution in [1.82, 2.24) is 39.7 Å². The van der Waals surface area contributed by atoms with Crippen LogP contribution in [0.4, 0.5) is 5.82 Å². The monoisotopic (exact) mass is 1270 g/mol. The lowest BCUT2D eigenvalue weighted by atomic mass is 9.82. The molecule has 2 N–H and O–H groups in total. The highest BCUT2D eigenvalue weighted by molar-refractivity contribution is 5.99. The maximum atomic E-state index is 15.9. The number of carbonyl (C=O) groups is 9. The van der Waals surface area contributed by atoms with Crippen molar-refractivity contribution in [2.75, 3.05) is 72.9 Å². The van der Waals surface area contributed by atoms with E-state index < -0.39 is 125 Å². The summed E-state index contributed by atoms with van der Waals surface area (Å²) in [6.07, 6.45) is 1.57. The first kappa shape index (κ1) is 74.0. The number of hydrogen-bond acceptors (Lipinski definition) is 14. The number of aliphatic hydroxyl groups is 1. The van der Waals surface area contributed by atoms with Gasteiger partial charge >= 0.3 is 5.97 Å². The number of piperazine rings is 1. The van der Waals surface area contributed by atoms with Gasteiger partial charge in [0.05, 0.1) is 17.7 Å². The SMILES string of the molecule is CCC(C)[C@@H]1CC(=O)[C@@H]2CCCN2C(=O)[C@H](Cc2cccc(-c3ccc(N4CCN(C)CC4)nc3)c2)N(C)C(=O)[C@H](Cc2ccccc2)NC(=O)[C@H](C(C)C)N(C)C(=O)[C@@H](C(C)CC)OC(=O)[C@H](C(C)(C)O)N(C)C(=O)C(CC(C)C)CC(=O)[C@H](C(C)C)N(C)C1=O. The van der Waals surface area contributed by atoms with Gasteiger partial charge in [0.1, 0.15) is 23.9 Å². The highest BCUT2D eigenvalue weighted by Gasteiger charge is 2.48. The van der Waals surface area contributed by atoms with E-state index in [0.29, 0.717) is 36.8 Å². The molecule has 3 saturated heterocycles. The molecule has 0 radical (unpaired) electrons. The number of carbonyl (C=O) groups excluding carboxylic acids is 9. The fourth-order valence-corrected chi connectivity index (χ4v) is 13.8. The quantitative estimate of drug-likeness (QED) is 0.142. The molecule has 20 nitrogen and oxygen atoms in total. The van der Waals surface area contributed by atoms with Crippen molar-refractivity contribution in [3.05, 3.63) is 84.1 Å². The van der Waals surface area contributed by atoms with Crippen molar-refractivity contribution < 1.29 is 53.0 Å². The van der Waals surface area contributed by atoms with Gasteiger partial charge in [0.25, 0.3) is 5.91 Å². The standard InChI is InChI=1S/C72H107N9O11/c1-18-47(9)54-42-58(82)56-29-24-32-81(56)69(88)57(40-50-27-23-28-51(38-50)52-30-31-60(73-43-52)80-35-33-75(13)34-36-80)76(14)68(87)55(39-49-25-21-20-22-26-49)74-65(84)62(46(7)8)78(16)70(89)63(48(10)19-2)92-71(90)64(72(11,12)91)79(17)66(85)53(37-44(3)4)41-59(83)61(45(5)6)77(15)67(54)86/h20-23,25-28,30-31,38,43-48,53-57,61-64,91H,18-19,24,29,32-37,39-42H2,1-17H3,(H,74,84)/t47?,48?,53?,54-,55-,56-,57-,61-,62-,63+,64+/m0/s1. The van der Waals surface area contributed by atoms with Crippen LogP contribution in [-0.4, -0.2) is 208 Å². The molecule has 20 heteroatoms. The van der Waals surface area contributed by atoms with E-state index >= 15 is 28.8 Å². The van der Waals surface area contributed by atoms with Gasteiger partial charge in [-0.2, -0.15) is 0 Å². The molecule has 11 atom stereocenters. The summed E-state index contributed by atoms with van der Waals surface area (Å²) in [6.45, 7) is 24.7. The largest absolute Gasteiger partial charge is 0.450 e. The van der Waals surface area contributed by atoms with Gasteiger partial charge in [-0.05, 0) is 99.1 Å². The second-order valence-electron chi connectivity index (χ2n) is 28.2. The van der Waals surface area contributed by atoms with Crippen LogP contribution in [0.15, 0.2) is 72.9 Å². The number of ether oxygens (including phenoxy) is 1. The predicted molar refractivity (Wildman–Crippen MR) is 357 cm³/mol. The van der Waals surface area contributed by atoms with Crippen molar-refractivity contribution >= 4 is 58.8 Å². The van der Waals surface area contributed by atoms with E-state index in [1.165, 1.54) is 49.7 Å². The Bertz CT molecular complexity index is 3030. The van der Waals surface area contributed by atoms with Crippen molar-refractivity contribution in [2.24, 2.45) is 41.4 Å². The zero-order valence-corrected chi connectivity index (χ0v) is 58.0. The Kier molecular flexibility index (Phi) is 26.3. The molecule has 2 aromatic carbocycles. The molecule has 3 unspecified atom stereocenters. The van der Waals surface area contributed by atoms with Crippen LogP contribution in [0, 0.1) is 41.4 Å². The summed E-state index contributed by atoms with van der Waals surface area (Å²) in [6, 6.07) is 13.4. The predicted octanol–water partition coefficient (Wildman–Crippen LogP) is 7.37. The van der Waals surface area contributed by atoms with Crippen LogP contribution in [0.1, 0.15) is 139 Å². The summed E-state index contributed by atoms with van der Waals surface area (Å²) < 4.78 is 6.18. The number of pyridine rings is 1. The first-order chi connectivity index (χ1) is 43.3. The van der Waals surface area contributed by atoms with E-state index in [4.69, 9.17) is 9.72 Å². The molecule has 92 heavy (non-hydrogen) atoms. The molecule has 3 fully saturated rings. The van der Waals surface area contributed by atoms with Crippen LogP contribution in [0.25, 0.3) is 11.1 Å². The smallest absolute Gasteiger partial charge is 0.332 e. The van der Waals surface area contributed by atoms with Gasteiger partial charge in [0, 0.05) is 116 Å². The number of Topliss-reactive ketones (excluding diaryl/α,β-unsaturated/α-hetero) is 2. The summed E-state index contributed by atoms with van der Waals surface area (Å²) in [4.78, 5) is 153. The van der Waals surface area contributed by atoms with Crippen LogP contribution in [-0.2, 0) is 60.7 Å². The van der Waals surface area contributed by atoms with E-state index in [1.807, 2.05) is 121 Å². The molecule has 3 aromatic rings. The molecule has 0 saturated carbocycles. The van der Waals surface area contributed by atoms with Crippen LogP contribution >= 0.6 is 0 Å². The highest BCUT2D eigenvalue weighted by atomic mass is 16.6. The zero-order valence-electron chi connectivity index (χ0n) is 58.0. The molecule has 6 amide bonds. The Morgan fingerprint density at radius 2 is 1.24 bits per heavy atom. The number of cyclic esters (lactones) is 1. The number of ketones is 2. The van der Waals surface area contributed by atoms with E-state index in [9.17, 15) is 19.5 Å². The lowest BCUT2D eigenvalue weighted by Crippen LogP contribution is -2.61. The van der Waals surface area contributed by atoms with Crippen LogP contribution < -0.4 is 10.2 Å². The topological polar surface area (TPSA) is 231 Å². The molecule has 506 valence electrons. The number of fused-ring (bicyclic) bond motifs is 1. The van der Waals surface area contributed by atoms with E-state index in [0.717, 1.165) is 48.0 Å². The minimum Gasteiger partial charge on any atom is -0.450 e. The van der Waals surface area contributed by atoms with Crippen LogP contribution in [0.2, 0.25) is 0 Å². The molecule has 3 aliphatic rings. The molecule has 3 aliphatic heterocycles. The second kappa shape index (κ2) is 32.7. The molecule has 0 spiro atoms. The summed E-state index contributed by atoms with van der Waals surface area (Å²) in [5.74, 6) is -8.63. The summed E-state index contributed by atoms with van der Waals surface area (Å²) >= 11 is 0. The number of esters is 1. The van der Waals surface area contributed by atoms with E-state index in [1.54, 1.807) is 32.7 Å². The Labute approximate surface area is 547 Å². The molecule has 6 rings (SSSR count). The number of nitrogens with one attached hydrogen (secondary N) is 1. The lowest BCUT2D eigenvalue weighted by Gasteiger charge is -2.39. The first-order valence-corrected chi connectivity index (χ1v) is 33.5. The Morgan fingerprint density at radius 3 is 1.82 bits per heavy atom. The summed E-state index contributed by atoms with van der Waals surface area (Å²) in [5, 5.41) is 14.8. The Hall–Kier alpha value is -7.06. The molecule has 0 aliphatic carbocycles. The number of nitrogens with zero attached hydrogens (tertiary/aromatic N) is 8. The number of likely N-dealkylation sites (N-methyl/N-ethyl adjacent to an activating group) is 5. The normalized spacial score (nSPS) is 25.8. The maximum absolute atomic E-state index is 15.9. The van der Waals surface area contributed by atoms with Crippen LogP contribution in [0.3, 0.4) is 0 Å². The van der Waals surface area contributed by atoms with Gasteiger partial charge in [0.2, 0.25) is 29.5 Å². The van der Waals surface area contributed by atoms with E-state index in [2.05, 4.69) is 22.2 Å². The second-order valence-corrected chi connectivity index (χ2v) is 28.2. The van der Waals surface area contributed by atoms with Gasteiger partial charge < -0.3 is 49.5 Å².